The molecule has 5 heterocycles. The predicted octanol–water partition coefficient (Wildman–Crippen LogP) is 19.2. The fourth-order valence-electron chi connectivity index (χ4n) is 11.7. The van der Waals surface area contributed by atoms with Crippen molar-refractivity contribution in [3.8, 4) is 44.6 Å². The summed E-state index contributed by atoms with van der Waals surface area (Å²) in [4.78, 5) is 5.67. The lowest BCUT2D eigenvalue weighted by atomic mass is 9.86. The maximum atomic E-state index is 5.67. The van der Waals surface area contributed by atoms with Gasteiger partial charge in [-0.3, -0.25) is 0 Å². The predicted molar refractivity (Wildman–Crippen MR) is 310 cm³/mol. The van der Waals surface area contributed by atoms with Crippen molar-refractivity contribution in [1.82, 2.24) is 13.8 Å². The normalized spacial score (nSPS) is 13.3. The molecule has 0 saturated heterocycles. The third kappa shape index (κ3) is 6.80. The molecule has 0 radical (unpaired) electrons. The molecule has 0 saturated carbocycles. The van der Waals surface area contributed by atoms with Gasteiger partial charge in [-0.05, 0) is 132 Å². The molecule has 0 bridgehead atoms. The van der Waals surface area contributed by atoms with Crippen molar-refractivity contribution in [1.29, 1.82) is 0 Å². The number of hydrogen-bond donors (Lipinski definition) is 0. The molecule has 0 aliphatic rings. The van der Waals surface area contributed by atoms with E-state index in [2.05, 4.69) is 256 Å². The van der Waals surface area contributed by atoms with Gasteiger partial charge in [0.25, 0.3) is 0 Å². The highest BCUT2D eigenvalue weighted by atomic mass is 15.0. The Morgan fingerprint density at radius 2 is 0.597 bits per heavy atom. The molecule has 8 aromatic carbocycles. The van der Waals surface area contributed by atoms with E-state index in [1.165, 1.54) is 126 Å². The molecule has 0 aliphatic heterocycles. The van der Waals surface area contributed by atoms with Gasteiger partial charge in [-0.1, -0.05) is 192 Å². The van der Waals surface area contributed by atoms with Crippen molar-refractivity contribution >= 4 is 76.3 Å². The van der Waals surface area contributed by atoms with Crippen LogP contribution >= 0.6 is 0 Å². The van der Waals surface area contributed by atoms with E-state index in [0.717, 1.165) is 16.8 Å². The molecule has 13 aromatic rings. The number of rotatable bonds is 4. The number of pyridine rings is 1. The highest BCUT2D eigenvalue weighted by Crippen LogP contribution is 2.48. The molecular weight excluding hydrogens is 871 g/mol. The van der Waals surface area contributed by atoms with Crippen LogP contribution < -0.4 is 0 Å². The van der Waals surface area contributed by atoms with Gasteiger partial charge in [0, 0.05) is 43.3 Å². The second-order valence-electron chi connectivity index (χ2n) is 25.0. The second kappa shape index (κ2) is 15.0. The molecule has 0 fully saturated rings. The molecule has 5 aromatic heterocycles. The van der Waals surface area contributed by atoms with Crippen LogP contribution in [0.2, 0.25) is 0 Å². The first-order valence-corrected chi connectivity index (χ1v) is 25.9. The summed E-state index contributed by atoms with van der Waals surface area (Å²) in [5, 5.41) is 8.71. The minimum atomic E-state index is 0.0573. The monoisotopic (exact) mass is 934 g/mol. The minimum absolute atomic E-state index is 0.0573. The minimum Gasteiger partial charge on any atom is -0.308 e. The lowest BCUT2D eigenvalue weighted by Crippen LogP contribution is -2.10. The van der Waals surface area contributed by atoms with E-state index in [1.54, 1.807) is 0 Å². The van der Waals surface area contributed by atoms with E-state index in [0.29, 0.717) is 0 Å². The third-order valence-corrected chi connectivity index (χ3v) is 16.0. The SMILES string of the molecule is CC(C)(C)c1ccc(-c2ccc3c(c2)c2cc(-c4ccc(C(C)(C)C)cc4)cc4c5cc6c7nc(-c8ccc(C(C)(C)C)cc8)cc8c9cc(-c%10ccc(C(C)(C)C)cc%10)ccc9n(c6cc5n3c24)c87)cc1. The molecule has 72 heavy (non-hydrogen) atoms. The standard InChI is InChI=1S/C69H63N3/c1-66(2,3)47-23-13-40(14-24-47)44-21-31-59-51(33-44)54-35-46(42-17-27-49(28-18-42)68(7,8)9)36-55-53-37-57-62(39-61(53)71(59)64(54)55)72-60-32-22-45(41-15-25-48(26-16-41)67(4,5)6)34-52(60)56-38-58(70-63(57)65(56)72)43-19-29-50(30-20-43)69(10,11)12/h13-39H,1-12H3. The van der Waals surface area contributed by atoms with Crippen LogP contribution in [0.15, 0.2) is 164 Å². The molecule has 3 nitrogen and oxygen atoms in total. The largest absolute Gasteiger partial charge is 0.308 e. The Morgan fingerprint density at radius 1 is 0.264 bits per heavy atom. The van der Waals surface area contributed by atoms with Crippen LogP contribution in [-0.2, 0) is 21.7 Å². The zero-order valence-corrected chi connectivity index (χ0v) is 43.9. The lowest BCUT2D eigenvalue weighted by Gasteiger charge is -2.19. The van der Waals surface area contributed by atoms with Crippen molar-refractivity contribution in [2.24, 2.45) is 0 Å². The first kappa shape index (κ1) is 44.5. The van der Waals surface area contributed by atoms with Crippen LogP contribution in [0.1, 0.15) is 105 Å². The van der Waals surface area contributed by atoms with E-state index < -0.39 is 0 Å². The molecule has 0 atom stereocenters. The summed E-state index contributed by atoms with van der Waals surface area (Å²) in [6.45, 7) is 27.4. The third-order valence-electron chi connectivity index (χ3n) is 16.0. The average molecular weight is 934 g/mol. The van der Waals surface area contributed by atoms with Crippen molar-refractivity contribution in [3.05, 3.63) is 186 Å². The van der Waals surface area contributed by atoms with Crippen LogP contribution in [-0.4, -0.2) is 13.8 Å². The summed E-state index contributed by atoms with van der Waals surface area (Å²) in [5.74, 6) is 0. The first-order valence-electron chi connectivity index (χ1n) is 25.9. The van der Waals surface area contributed by atoms with Gasteiger partial charge >= 0.3 is 0 Å². The van der Waals surface area contributed by atoms with E-state index in [1.807, 2.05) is 0 Å². The lowest BCUT2D eigenvalue weighted by molar-refractivity contribution is 0.590. The second-order valence-corrected chi connectivity index (χ2v) is 25.0. The number of nitrogens with zero attached hydrogens (tertiary/aromatic N) is 3. The molecule has 0 unspecified atom stereocenters. The maximum absolute atomic E-state index is 5.67. The number of aromatic nitrogens is 3. The van der Waals surface area contributed by atoms with Gasteiger partial charge in [0.05, 0.1) is 44.3 Å². The van der Waals surface area contributed by atoms with E-state index in [-0.39, 0.29) is 21.7 Å². The van der Waals surface area contributed by atoms with Gasteiger partial charge in [0.1, 0.15) is 0 Å². The van der Waals surface area contributed by atoms with E-state index in [9.17, 15) is 0 Å². The quantitative estimate of drug-likeness (QED) is 0.172. The van der Waals surface area contributed by atoms with Gasteiger partial charge < -0.3 is 8.80 Å². The zero-order chi connectivity index (χ0) is 50.0. The van der Waals surface area contributed by atoms with Crippen molar-refractivity contribution < 1.29 is 0 Å². The Morgan fingerprint density at radius 3 is 1.03 bits per heavy atom. The number of hydrogen-bond acceptors (Lipinski definition) is 1. The Balaban J connectivity index is 1.10. The molecule has 0 amide bonds. The first-order chi connectivity index (χ1) is 34.2. The highest BCUT2D eigenvalue weighted by molar-refractivity contribution is 6.29. The van der Waals surface area contributed by atoms with Gasteiger partial charge in [0.15, 0.2) is 0 Å². The summed E-state index contributed by atoms with van der Waals surface area (Å²) in [6.07, 6.45) is 0. The Bertz CT molecular complexity index is 4010. The Kier molecular flexibility index (Phi) is 9.28. The zero-order valence-electron chi connectivity index (χ0n) is 43.9. The van der Waals surface area contributed by atoms with Crippen LogP contribution in [0.3, 0.4) is 0 Å². The Labute approximate surface area is 423 Å². The van der Waals surface area contributed by atoms with Crippen molar-refractivity contribution in [3.63, 3.8) is 0 Å². The number of fused-ring (bicyclic) bond motifs is 12. The van der Waals surface area contributed by atoms with Gasteiger partial charge in [0.2, 0.25) is 0 Å². The van der Waals surface area contributed by atoms with E-state index in [4.69, 9.17) is 4.98 Å². The van der Waals surface area contributed by atoms with Crippen LogP contribution in [0.4, 0.5) is 0 Å². The van der Waals surface area contributed by atoms with Gasteiger partial charge in [-0.2, -0.15) is 0 Å². The van der Waals surface area contributed by atoms with Gasteiger partial charge in [-0.15, -0.1) is 0 Å². The van der Waals surface area contributed by atoms with Crippen LogP contribution in [0.25, 0.3) is 121 Å². The van der Waals surface area contributed by atoms with Crippen LogP contribution in [0.5, 0.6) is 0 Å². The summed E-state index contributed by atoms with van der Waals surface area (Å²) >= 11 is 0. The van der Waals surface area contributed by atoms with Crippen LogP contribution in [0, 0.1) is 0 Å². The summed E-state index contributed by atoms with van der Waals surface area (Å²) in [6, 6.07) is 63.1. The maximum Gasteiger partial charge on any atom is 0.0977 e. The van der Waals surface area contributed by atoms with Crippen molar-refractivity contribution in [2.75, 3.05) is 0 Å². The molecule has 0 aliphatic carbocycles. The van der Waals surface area contributed by atoms with Gasteiger partial charge in [-0.25, -0.2) is 4.98 Å². The molecule has 13 rings (SSSR count). The fourth-order valence-corrected chi connectivity index (χ4v) is 11.7. The van der Waals surface area contributed by atoms with Crippen molar-refractivity contribution in [2.45, 2.75) is 105 Å². The smallest absolute Gasteiger partial charge is 0.0977 e. The Hall–Kier alpha value is -7.49. The molecular formula is C69H63N3. The van der Waals surface area contributed by atoms with E-state index >= 15 is 0 Å². The number of benzene rings is 8. The molecule has 0 spiro atoms. The summed E-state index contributed by atoms with van der Waals surface area (Å²) in [5.41, 5.74) is 23.4. The molecule has 354 valence electrons. The average Bonchev–Trinajstić information content (AvgIpc) is 4.07. The summed E-state index contributed by atoms with van der Waals surface area (Å²) in [7, 11) is 0. The fraction of sp³-hybridized carbons (Fsp3) is 0.232. The molecule has 3 heteroatoms. The topological polar surface area (TPSA) is 21.7 Å². The summed E-state index contributed by atoms with van der Waals surface area (Å²) < 4.78 is 5.06. The molecule has 0 N–H and O–H groups in total. The highest BCUT2D eigenvalue weighted by Gasteiger charge is 2.26.